The number of nitrogens with zero attached hydrogens (tertiary/aromatic N) is 3. The zero-order valence-corrected chi connectivity index (χ0v) is 9.81. The SMILES string of the molecule is Nc1ncn(Cc2cc(Cl)cc3c2OCC3)n1. The average Bonchev–Trinajstić information content (AvgIpc) is 2.87. The largest absolute Gasteiger partial charge is 0.493 e. The molecular formula is C11H11ClN4O. The van der Waals surface area contributed by atoms with Crippen molar-refractivity contribution in [3.05, 3.63) is 34.6 Å². The smallest absolute Gasteiger partial charge is 0.239 e. The van der Waals surface area contributed by atoms with Gasteiger partial charge in [-0.25, -0.2) is 9.67 Å². The number of nitrogen functional groups attached to an aromatic ring is 1. The minimum absolute atomic E-state index is 0.268. The van der Waals surface area contributed by atoms with Crippen LogP contribution in [-0.2, 0) is 13.0 Å². The van der Waals surface area contributed by atoms with E-state index in [1.807, 2.05) is 12.1 Å². The van der Waals surface area contributed by atoms with Crippen molar-refractivity contribution >= 4 is 17.5 Å². The molecule has 0 amide bonds. The van der Waals surface area contributed by atoms with Crippen molar-refractivity contribution in [2.75, 3.05) is 12.3 Å². The van der Waals surface area contributed by atoms with Gasteiger partial charge >= 0.3 is 0 Å². The number of hydrogen-bond acceptors (Lipinski definition) is 4. The number of hydrogen-bond donors (Lipinski definition) is 1. The number of aromatic nitrogens is 3. The summed E-state index contributed by atoms with van der Waals surface area (Å²) in [7, 11) is 0. The van der Waals surface area contributed by atoms with Gasteiger partial charge in [-0.15, -0.1) is 5.10 Å². The van der Waals surface area contributed by atoms with Gasteiger partial charge in [0.15, 0.2) is 0 Å². The number of halogens is 1. The van der Waals surface area contributed by atoms with Crippen LogP contribution in [0.2, 0.25) is 5.02 Å². The highest BCUT2D eigenvalue weighted by molar-refractivity contribution is 6.30. The van der Waals surface area contributed by atoms with Crippen LogP contribution < -0.4 is 10.5 Å². The highest BCUT2D eigenvalue weighted by Gasteiger charge is 2.18. The Labute approximate surface area is 103 Å². The topological polar surface area (TPSA) is 66.0 Å². The van der Waals surface area contributed by atoms with Crippen molar-refractivity contribution < 1.29 is 4.74 Å². The standard InChI is InChI=1S/C11H11ClN4O/c12-9-3-7-1-2-17-10(7)8(4-9)5-16-6-14-11(13)15-16/h3-4,6H,1-2,5H2,(H2,13,15). The van der Waals surface area contributed by atoms with E-state index in [0.29, 0.717) is 13.2 Å². The second-order valence-electron chi connectivity index (χ2n) is 3.95. The number of ether oxygens (including phenoxy) is 1. The summed E-state index contributed by atoms with van der Waals surface area (Å²) in [5.74, 6) is 1.19. The summed E-state index contributed by atoms with van der Waals surface area (Å²) in [4.78, 5) is 3.88. The molecule has 1 aliphatic heterocycles. The van der Waals surface area contributed by atoms with Gasteiger partial charge < -0.3 is 10.5 Å². The van der Waals surface area contributed by atoms with Crippen molar-refractivity contribution in [2.45, 2.75) is 13.0 Å². The van der Waals surface area contributed by atoms with E-state index in [2.05, 4.69) is 10.1 Å². The number of anilines is 1. The number of benzene rings is 1. The predicted octanol–water partition coefficient (Wildman–Crippen LogP) is 1.50. The first kappa shape index (κ1) is 10.4. The van der Waals surface area contributed by atoms with Crippen molar-refractivity contribution in [1.82, 2.24) is 14.8 Å². The third-order valence-corrected chi connectivity index (χ3v) is 2.93. The van der Waals surface area contributed by atoms with Gasteiger partial charge in [0.05, 0.1) is 13.2 Å². The van der Waals surface area contributed by atoms with Crippen LogP contribution >= 0.6 is 11.6 Å². The van der Waals surface area contributed by atoms with Gasteiger partial charge in [-0.1, -0.05) is 11.6 Å². The summed E-state index contributed by atoms with van der Waals surface area (Å²) in [6, 6.07) is 3.84. The lowest BCUT2D eigenvalue weighted by molar-refractivity contribution is 0.352. The molecule has 0 fully saturated rings. The van der Waals surface area contributed by atoms with Crippen LogP contribution in [0.5, 0.6) is 5.75 Å². The zero-order valence-electron chi connectivity index (χ0n) is 9.06. The van der Waals surface area contributed by atoms with Gasteiger partial charge in [0, 0.05) is 17.0 Å². The lowest BCUT2D eigenvalue weighted by Crippen LogP contribution is -2.03. The van der Waals surface area contributed by atoms with E-state index in [1.54, 1.807) is 11.0 Å². The predicted molar refractivity (Wildman–Crippen MR) is 64.2 cm³/mol. The summed E-state index contributed by atoms with van der Waals surface area (Å²) in [6.07, 6.45) is 2.50. The van der Waals surface area contributed by atoms with Crippen LogP contribution in [0.4, 0.5) is 5.95 Å². The third kappa shape index (κ3) is 1.93. The Morgan fingerprint density at radius 3 is 3.12 bits per heavy atom. The minimum atomic E-state index is 0.268. The molecule has 0 radical (unpaired) electrons. The van der Waals surface area contributed by atoms with Crippen LogP contribution in [-0.4, -0.2) is 21.4 Å². The van der Waals surface area contributed by atoms with Crippen LogP contribution in [0.1, 0.15) is 11.1 Å². The molecule has 1 aliphatic rings. The monoisotopic (exact) mass is 250 g/mol. The maximum absolute atomic E-state index is 6.07. The van der Waals surface area contributed by atoms with E-state index in [4.69, 9.17) is 22.1 Å². The van der Waals surface area contributed by atoms with Gasteiger partial charge in [0.2, 0.25) is 5.95 Å². The quantitative estimate of drug-likeness (QED) is 0.877. The van der Waals surface area contributed by atoms with Crippen LogP contribution in [0, 0.1) is 0 Å². The molecule has 88 valence electrons. The first-order valence-corrected chi connectivity index (χ1v) is 5.69. The van der Waals surface area contributed by atoms with E-state index in [9.17, 15) is 0 Å². The van der Waals surface area contributed by atoms with Crippen LogP contribution in [0.25, 0.3) is 0 Å². The Kier molecular flexibility index (Phi) is 2.40. The molecule has 0 bridgehead atoms. The van der Waals surface area contributed by atoms with E-state index >= 15 is 0 Å². The molecule has 2 N–H and O–H groups in total. The number of rotatable bonds is 2. The molecule has 1 aromatic carbocycles. The first-order chi connectivity index (χ1) is 8.22. The number of fused-ring (bicyclic) bond motifs is 1. The van der Waals surface area contributed by atoms with Crippen molar-refractivity contribution in [1.29, 1.82) is 0 Å². The minimum Gasteiger partial charge on any atom is -0.493 e. The second-order valence-corrected chi connectivity index (χ2v) is 4.39. The van der Waals surface area contributed by atoms with Crippen LogP contribution in [0.15, 0.2) is 18.5 Å². The molecular weight excluding hydrogens is 240 g/mol. The molecule has 0 unspecified atom stereocenters. The fraction of sp³-hybridized carbons (Fsp3) is 0.273. The fourth-order valence-electron chi connectivity index (χ4n) is 2.02. The van der Waals surface area contributed by atoms with Crippen LogP contribution in [0.3, 0.4) is 0 Å². The first-order valence-electron chi connectivity index (χ1n) is 5.31. The Hall–Kier alpha value is -1.75. The van der Waals surface area contributed by atoms with Crippen molar-refractivity contribution in [3.8, 4) is 5.75 Å². The van der Waals surface area contributed by atoms with Crippen molar-refractivity contribution in [3.63, 3.8) is 0 Å². The molecule has 2 heterocycles. The normalized spacial score (nSPS) is 13.5. The summed E-state index contributed by atoms with van der Waals surface area (Å²) in [5.41, 5.74) is 7.64. The summed E-state index contributed by atoms with van der Waals surface area (Å²) in [6.45, 7) is 1.27. The molecule has 5 nitrogen and oxygen atoms in total. The lowest BCUT2D eigenvalue weighted by atomic mass is 10.1. The molecule has 0 saturated heterocycles. The van der Waals surface area contributed by atoms with Gasteiger partial charge in [0.1, 0.15) is 12.1 Å². The maximum Gasteiger partial charge on any atom is 0.239 e. The molecule has 2 aromatic rings. The van der Waals surface area contributed by atoms with Gasteiger partial charge in [-0.05, 0) is 17.7 Å². The zero-order chi connectivity index (χ0) is 11.8. The van der Waals surface area contributed by atoms with Gasteiger partial charge in [-0.3, -0.25) is 0 Å². The molecule has 0 atom stereocenters. The Balaban J connectivity index is 1.98. The molecule has 0 aliphatic carbocycles. The van der Waals surface area contributed by atoms with Gasteiger partial charge in [-0.2, -0.15) is 0 Å². The molecule has 6 heteroatoms. The summed E-state index contributed by atoms with van der Waals surface area (Å²) in [5, 5.41) is 4.77. The number of nitrogens with two attached hydrogens (primary N) is 1. The van der Waals surface area contributed by atoms with Crippen molar-refractivity contribution in [2.24, 2.45) is 0 Å². The molecule has 0 spiro atoms. The molecule has 3 rings (SSSR count). The summed E-state index contributed by atoms with van der Waals surface area (Å²) < 4.78 is 7.28. The highest BCUT2D eigenvalue weighted by Crippen LogP contribution is 2.33. The Morgan fingerprint density at radius 1 is 1.47 bits per heavy atom. The third-order valence-electron chi connectivity index (χ3n) is 2.71. The van der Waals surface area contributed by atoms with E-state index in [0.717, 1.165) is 28.3 Å². The average molecular weight is 251 g/mol. The molecule has 17 heavy (non-hydrogen) atoms. The molecule has 0 saturated carbocycles. The molecule has 1 aromatic heterocycles. The van der Waals surface area contributed by atoms with E-state index in [-0.39, 0.29) is 5.95 Å². The Bertz CT molecular complexity index is 567. The van der Waals surface area contributed by atoms with E-state index < -0.39 is 0 Å². The fourth-order valence-corrected chi connectivity index (χ4v) is 2.29. The second kappa shape index (κ2) is 3.92. The lowest BCUT2D eigenvalue weighted by Gasteiger charge is -2.08. The maximum atomic E-state index is 6.07. The Morgan fingerprint density at radius 2 is 2.35 bits per heavy atom. The summed E-state index contributed by atoms with van der Waals surface area (Å²) >= 11 is 6.07. The van der Waals surface area contributed by atoms with E-state index in [1.165, 1.54) is 0 Å². The highest BCUT2D eigenvalue weighted by atomic mass is 35.5. The van der Waals surface area contributed by atoms with Gasteiger partial charge in [0.25, 0.3) is 0 Å².